The molecule has 0 aliphatic carbocycles. The lowest BCUT2D eigenvalue weighted by Gasteiger charge is -2.41. The van der Waals surface area contributed by atoms with Crippen molar-refractivity contribution >= 4 is 0 Å². The fourth-order valence-electron chi connectivity index (χ4n) is 2.54. The summed E-state index contributed by atoms with van der Waals surface area (Å²) < 4.78 is 15.9. The average molecular weight is 322 g/mol. The molecule has 1 fully saturated rings. The number of ether oxygens (including phenoxy) is 3. The van der Waals surface area contributed by atoms with Crippen LogP contribution in [0.15, 0.2) is 0 Å². The number of hydrogen-bond donors (Lipinski definition) is 4. The molecule has 6 atom stereocenters. The van der Waals surface area contributed by atoms with Crippen molar-refractivity contribution in [3.63, 3.8) is 0 Å². The third-order valence-electron chi connectivity index (χ3n) is 3.93. The Morgan fingerprint density at radius 3 is 2.45 bits per heavy atom. The number of aliphatic hydroxyl groups excluding tert-OH is 4. The van der Waals surface area contributed by atoms with Crippen molar-refractivity contribution in [2.45, 2.75) is 75.8 Å². The molecule has 4 N–H and O–H groups in total. The van der Waals surface area contributed by atoms with Crippen LogP contribution in [0.25, 0.3) is 0 Å². The van der Waals surface area contributed by atoms with Crippen molar-refractivity contribution in [2.24, 2.45) is 0 Å². The van der Waals surface area contributed by atoms with Crippen LogP contribution in [-0.2, 0) is 14.2 Å². The lowest BCUT2D eigenvalue weighted by molar-refractivity contribution is -0.305. The lowest BCUT2D eigenvalue weighted by Crippen LogP contribution is -2.60. The second kappa shape index (κ2) is 10.5. The summed E-state index contributed by atoms with van der Waals surface area (Å²) in [6, 6.07) is 0. The highest BCUT2D eigenvalue weighted by Gasteiger charge is 2.45. The minimum Gasteiger partial charge on any atom is -0.394 e. The summed E-state index contributed by atoms with van der Waals surface area (Å²) in [5.41, 5.74) is 0. The van der Waals surface area contributed by atoms with E-state index in [0.29, 0.717) is 6.42 Å². The van der Waals surface area contributed by atoms with E-state index in [2.05, 4.69) is 6.92 Å². The summed E-state index contributed by atoms with van der Waals surface area (Å²) in [4.78, 5) is 0. The molecule has 7 nitrogen and oxygen atoms in total. The van der Waals surface area contributed by atoms with Crippen LogP contribution in [0.2, 0.25) is 0 Å². The molecule has 7 heteroatoms. The lowest BCUT2D eigenvalue weighted by atomic mass is 9.99. The third kappa shape index (κ3) is 5.73. The highest BCUT2D eigenvalue weighted by Crippen LogP contribution is 2.24. The van der Waals surface area contributed by atoms with Gasteiger partial charge in [0.05, 0.1) is 19.3 Å². The molecule has 1 rings (SSSR count). The van der Waals surface area contributed by atoms with Gasteiger partial charge in [0.1, 0.15) is 24.4 Å². The first-order valence-electron chi connectivity index (χ1n) is 8.00. The first kappa shape index (κ1) is 19.8. The van der Waals surface area contributed by atoms with E-state index < -0.39 is 43.4 Å². The summed E-state index contributed by atoms with van der Waals surface area (Å²) in [7, 11) is 1.39. The number of unbranched alkanes of at least 4 members (excludes halogenated alkanes) is 3. The zero-order chi connectivity index (χ0) is 16.5. The van der Waals surface area contributed by atoms with Gasteiger partial charge in [-0.25, -0.2) is 0 Å². The van der Waals surface area contributed by atoms with E-state index in [1.54, 1.807) is 0 Å². The quantitative estimate of drug-likeness (QED) is 0.412. The first-order chi connectivity index (χ1) is 10.5. The molecule has 1 saturated heterocycles. The van der Waals surface area contributed by atoms with E-state index in [-0.39, 0.29) is 6.61 Å². The van der Waals surface area contributed by atoms with E-state index in [1.165, 1.54) is 7.11 Å². The van der Waals surface area contributed by atoms with Gasteiger partial charge in [0.15, 0.2) is 6.29 Å². The molecule has 0 spiro atoms. The van der Waals surface area contributed by atoms with E-state index in [9.17, 15) is 15.3 Å². The normalized spacial score (nSPS) is 33.8. The number of aliphatic hydroxyl groups is 4. The first-order valence-corrected chi connectivity index (χ1v) is 8.00. The standard InChI is InChI=1S/C15H30O7/c1-3-4-5-6-7-10(17)9-21-14-13(19)12(18)11(8-16)22-15(14)20-2/h10-19H,3-9H2,1-2H3/t10?,11-,12-,13+,14-,15+/m1/s1. The number of methoxy groups -OCH3 is 1. The fourth-order valence-corrected chi connectivity index (χ4v) is 2.54. The topological polar surface area (TPSA) is 109 Å². The Balaban J connectivity index is 2.41. The highest BCUT2D eigenvalue weighted by atomic mass is 16.7. The molecule has 0 amide bonds. The second-order valence-corrected chi connectivity index (χ2v) is 5.74. The van der Waals surface area contributed by atoms with Gasteiger partial charge in [0, 0.05) is 7.11 Å². The van der Waals surface area contributed by atoms with Gasteiger partial charge < -0.3 is 34.6 Å². The van der Waals surface area contributed by atoms with Gasteiger partial charge in [-0.05, 0) is 6.42 Å². The molecule has 1 aliphatic heterocycles. The van der Waals surface area contributed by atoms with E-state index >= 15 is 0 Å². The van der Waals surface area contributed by atoms with Crippen molar-refractivity contribution in [2.75, 3.05) is 20.3 Å². The maximum atomic E-state index is 10.1. The molecule has 0 aromatic heterocycles. The maximum absolute atomic E-state index is 10.1. The third-order valence-corrected chi connectivity index (χ3v) is 3.93. The Labute approximate surface area is 131 Å². The Bertz CT molecular complexity index is 287. The summed E-state index contributed by atoms with van der Waals surface area (Å²) >= 11 is 0. The molecule has 0 aromatic carbocycles. The van der Waals surface area contributed by atoms with Crippen LogP contribution in [0.4, 0.5) is 0 Å². The van der Waals surface area contributed by atoms with Crippen molar-refractivity contribution < 1.29 is 34.6 Å². The molecular weight excluding hydrogens is 292 g/mol. The number of hydrogen-bond acceptors (Lipinski definition) is 7. The summed E-state index contributed by atoms with van der Waals surface area (Å²) in [5, 5.41) is 38.9. The molecule has 22 heavy (non-hydrogen) atoms. The molecule has 0 aromatic rings. The molecule has 0 saturated carbocycles. The van der Waals surface area contributed by atoms with Crippen molar-refractivity contribution in [3.05, 3.63) is 0 Å². The van der Waals surface area contributed by atoms with Crippen LogP contribution in [0, 0.1) is 0 Å². The molecule has 0 bridgehead atoms. The van der Waals surface area contributed by atoms with E-state index in [1.807, 2.05) is 0 Å². The Hall–Kier alpha value is -0.280. The Kier molecular flexibility index (Phi) is 9.42. The zero-order valence-electron chi connectivity index (χ0n) is 13.4. The Morgan fingerprint density at radius 1 is 1.14 bits per heavy atom. The van der Waals surface area contributed by atoms with Crippen LogP contribution in [0.5, 0.6) is 0 Å². The van der Waals surface area contributed by atoms with Crippen LogP contribution in [0.3, 0.4) is 0 Å². The smallest absolute Gasteiger partial charge is 0.186 e. The van der Waals surface area contributed by atoms with E-state index in [4.69, 9.17) is 19.3 Å². The Morgan fingerprint density at radius 2 is 1.86 bits per heavy atom. The summed E-state index contributed by atoms with van der Waals surface area (Å²) in [6.45, 7) is 1.73. The molecule has 1 aliphatic rings. The molecule has 1 heterocycles. The predicted octanol–water partition coefficient (Wildman–Crippen LogP) is -0.212. The average Bonchev–Trinajstić information content (AvgIpc) is 2.52. The van der Waals surface area contributed by atoms with Crippen LogP contribution < -0.4 is 0 Å². The van der Waals surface area contributed by atoms with Crippen LogP contribution in [-0.4, -0.2) is 77.6 Å². The summed E-state index contributed by atoms with van der Waals surface area (Å²) in [5.74, 6) is 0. The van der Waals surface area contributed by atoms with Gasteiger partial charge in [0.25, 0.3) is 0 Å². The van der Waals surface area contributed by atoms with Crippen LogP contribution >= 0.6 is 0 Å². The second-order valence-electron chi connectivity index (χ2n) is 5.74. The van der Waals surface area contributed by atoms with Gasteiger partial charge in [-0.2, -0.15) is 0 Å². The number of rotatable bonds is 10. The highest BCUT2D eigenvalue weighted by molar-refractivity contribution is 4.90. The minimum absolute atomic E-state index is 0.0353. The zero-order valence-corrected chi connectivity index (χ0v) is 13.4. The SMILES string of the molecule is CCCCCCC(O)CO[C@H]1[C@@H](OC)O[C@H](CO)[C@@H](O)[C@@H]1O. The van der Waals surface area contributed by atoms with Gasteiger partial charge in [-0.3, -0.25) is 0 Å². The molecular formula is C15H30O7. The molecule has 132 valence electrons. The minimum atomic E-state index is -1.26. The van der Waals surface area contributed by atoms with Gasteiger partial charge in [-0.1, -0.05) is 32.6 Å². The van der Waals surface area contributed by atoms with Gasteiger partial charge >= 0.3 is 0 Å². The van der Waals surface area contributed by atoms with E-state index in [0.717, 1.165) is 25.7 Å². The van der Waals surface area contributed by atoms with Crippen LogP contribution in [0.1, 0.15) is 39.0 Å². The molecule has 1 unspecified atom stereocenters. The maximum Gasteiger partial charge on any atom is 0.186 e. The largest absolute Gasteiger partial charge is 0.394 e. The van der Waals surface area contributed by atoms with Crippen molar-refractivity contribution in [1.82, 2.24) is 0 Å². The summed E-state index contributed by atoms with van der Waals surface area (Å²) in [6.07, 6.45) is -0.967. The van der Waals surface area contributed by atoms with Gasteiger partial charge in [0.2, 0.25) is 0 Å². The molecule has 0 radical (unpaired) electrons. The van der Waals surface area contributed by atoms with Gasteiger partial charge in [-0.15, -0.1) is 0 Å². The predicted molar refractivity (Wildman–Crippen MR) is 79.3 cm³/mol. The van der Waals surface area contributed by atoms with Crippen molar-refractivity contribution in [3.8, 4) is 0 Å². The fraction of sp³-hybridized carbons (Fsp3) is 1.00. The monoisotopic (exact) mass is 322 g/mol. The van der Waals surface area contributed by atoms with Crippen molar-refractivity contribution in [1.29, 1.82) is 0 Å².